The molecule has 3 aliphatic rings. The SMILES string of the molecule is CN(C(=O)CN1C(=O)COc2cc(Cl)c(Cl)cc21)C(CN1CCOCC1)c1ccc(-c2ccc(C(=O)N3CCOCC3)cc2)cc1. The van der Waals surface area contributed by atoms with Gasteiger partial charge in [-0.05, 0) is 34.9 Å². The van der Waals surface area contributed by atoms with Crippen LogP contribution in [0.3, 0.4) is 0 Å². The maximum absolute atomic E-state index is 13.8. The second-order valence-corrected chi connectivity index (χ2v) is 12.4. The summed E-state index contributed by atoms with van der Waals surface area (Å²) in [4.78, 5) is 46.8. The Bertz CT molecular complexity index is 1570. The second-order valence-electron chi connectivity index (χ2n) is 11.5. The highest BCUT2D eigenvalue weighted by atomic mass is 35.5. The lowest BCUT2D eigenvalue weighted by atomic mass is 9.98. The first-order valence-electron chi connectivity index (χ1n) is 15.3. The molecule has 0 radical (unpaired) electrons. The molecular weight excluding hydrogens is 631 g/mol. The Kier molecular flexibility index (Phi) is 10.1. The van der Waals surface area contributed by atoms with Crippen LogP contribution in [0.4, 0.5) is 5.69 Å². The van der Waals surface area contributed by atoms with Crippen LogP contribution >= 0.6 is 23.2 Å². The molecule has 3 amide bonds. The molecular formula is C34H36Cl2N4O6. The average Bonchev–Trinajstić information content (AvgIpc) is 3.09. The van der Waals surface area contributed by atoms with Crippen LogP contribution in [-0.2, 0) is 19.1 Å². The van der Waals surface area contributed by atoms with Gasteiger partial charge in [-0.3, -0.25) is 24.2 Å². The van der Waals surface area contributed by atoms with Crippen molar-refractivity contribution in [2.24, 2.45) is 0 Å². The van der Waals surface area contributed by atoms with E-state index < -0.39 is 0 Å². The third-order valence-corrected chi connectivity index (χ3v) is 9.42. The number of carbonyl (C=O) groups is 3. The van der Waals surface area contributed by atoms with Gasteiger partial charge in [0.1, 0.15) is 12.3 Å². The number of amides is 3. The van der Waals surface area contributed by atoms with Gasteiger partial charge in [-0.2, -0.15) is 0 Å². The summed E-state index contributed by atoms with van der Waals surface area (Å²) in [6.07, 6.45) is 0. The molecule has 12 heteroatoms. The first-order chi connectivity index (χ1) is 22.3. The van der Waals surface area contributed by atoms with Gasteiger partial charge in [-0.25, -0.2) is 0 Å². The molecule has 6 rings (SSSR count). The summed E-state index contributed by atoms with van der Waals surface area (Å²) >= 11 is 12.4. The van der Waals surface area contributed by atoms with Crippen molar-refractivity contribution in [1.82, 2.24) is 14.7 Å². The van der Waals surface area contributed by atoms with Crippen molar-refractivity contribution in [2.75, 3.05) is 84.3 Å². The fraction of sp³-hybridized carbons (Fsp3) is 0.382. The third-order valence-electron chi connectivity index (χ3n) is 8.69. The van der Waals surface area contributed by atoms with E-state index >= 15 is 0 Å². The third kappa shape index (κ3) is 7.16. The summed E-state index contributed by atoms with van der Waals surface area (Å²) in [7, 11) is 1.77. The molecule has 2 saturated heterocycles. The highest BCUT2D eigenvalue weighted by Crippen LogP contribution is 2.39. The highest BCUT2D eigenvalue weighted by Gasteiger charge is 2.32. The van der Waals surface area contributed by atoms with Crippen LogP contribution in [0.25, 0.3) is 11.1 Å². The fourth-order valence-electron chi connectivity index (χ4n) is 5.92. The van der Waals surface area contributed by atoms with E-state index in [1.807, 2.05) is 53.4 Å². The van der Waals surface area contributed by atoms with Gasteiger partial charge in [0, 0.05) is 51.4 Å². The van der Waals surface area contributed by atoms with Gasteiger partial charge in [0.15, 0.2) is 6.61 Å². The van der Waals surface area contributed by atoms with Crippen LogP contribution in [0.5, 0.6) is 5.75 Å². The molecule has 0 N–H and O–H groups in total. The summed E-state index contributed by atoms with van der Waals surface area (Å²) in [5.74, 6) is -0.143. The Morgan fingerprint density at radius 1 is 0.848 bits per heavy atom. The van der Waals surface area contributed by atoms with E-state index in [9.17, 15) is 14.4 Å². The number of hydrogen-bond donors (Lipinski definition) is 0. The lowest BCUT2D eigenvalue weighted by Gasteiger charge is -2.37. The van der Waals surface area contributed by atoms with Crippen LogP contribution in [0.1, 0.15) is 22.0 Å². The van der Waals surface area contributed by atoms with Gasteiger partial charge in [-0.1, -0.05) is 59.6 Å². The zero-order chi connectivity index (χ0) is 32.2. The lowest BCUT2D eigenvalue weighted by Crippen LogP contribution is -2.48. The van der Waals surface area contributed by atoms with Crippen LogP contribution in [-0.4, -0.2) is 112 Å². The predicted octanol–water partition coefficient (Wildman–Crippen LogP) is 4.39. The van der Waals surface area contributed by atoms with Crippen LogP contribution in [0.15, 0.2) is 60.7 Å². The average molecular weight is 668 g/mol. The lowest BCUT2D eigenvalue weighted by molar-refractivity contribution is -0.133. The molecule has 242 valence electrons. The molecule has 0 aromatic heterocycles. The number of anilines is 1. The molecule has 46 heavy (non-hydrogen) atoms. The van der Waals surface area contributed by atoms with Gasteiger partial charge < -0.3 is 24.0 Å². The molecule has 0 spiro atoms. The quantitative estimate of drug-likeness (QED) is 0.352. The van der Waals surface area contributed by atoms with Crippen molar-refractivity contribution in [3.63, 3.8) is 0 Å². The Hall–Kier alpha value is -3.67. The summed E-state index contributed by atoms with van der Waals surface area (Å²) in [6.45, 7) is 5.37. The molecule has 1 unspecified atom stereocenters. The Morgan fingerprint density at radius 3 is 2.09 bits per heavy atom. The summed E-state index contributed by atoms with van der Waals surface area (Å²) in [6, 6.07) is 18.6. The van der Waals surface area contributed by atoms with E-state index in [0.717, 1.165) is 29.8 Å². The van der Waals surface area contributed by atoms with Gasteiger partial charge >= 0.3 is 0 Å². The molecule has 1 atom stereocenters. The molecule has 3 heterocycles. The minimum atomic E-state index is -0.334. The highest BCUT2D eigenvalue weighted by molar-refractivity contribution is 6.42. The van der Waals surface area contributed by atoms with Crippen molar-refractivity contribution < 1.29 is 28.6 Å². The van der Waals surface area contributed by atoms with Gasteiger partial charge in [0.2, 0.25) is 5.91 Å². The first-order valence-corrected chi connectivity index (χ1v) is 16.1. The van der Waals surface area contributed by atoms with E-state index in [4.69, 9.17) is 37.4 Å². The van der Waals surface area contributed by atoms with E-state index in [1.165, 1.54) is 4.90 Å². The number of rotatable bonds is 8. The maximum Gasteiger partial charge on any atom is 0.265 e. The number of ether oxygens (including phenoxy) is 3. The summed E-state index contributed by atoms with van der Waals surface area (Å²) in [5.41, 5.74) is 4.02. The van der Waals surface area contributed by atoms with Crippen molar-refractivity contribution in [3.05, 3.63) is 81.8 Å². The number of hydrogen-bond acceptors (Lipinski definition) is 7. The Labute approximate surface area is 278 Å². The maximum atomic E-state index is 13.8. The molecule has 0 aliphatic carbocycles. The van der Waals surface area contributed by atoms with Gasteiger partial charge in [0.25, 0.3) is 11.8 Å². The van der Waals surface area contributed by atoms with Crippen molar-refractivity contribution in [3.8, 4) is 16.9 Å². The number of morpholine rings is 2. The van der Waals surface area contributed by atoms with Crippen molar-refractivity contribution >= 4 is 46.6 Å². The second kappa shape index (κ2) is 14.4. The number of fused-ring (bicyclic) bond motifs is 1. The Morgan fingerprint density at radius 2 is 1.43 bits per heavy atom. The van der Waals surface area contributed by atoms with Crippen LogP contribution in [0.2, 0.25) is 10.0 Å². The number of carbonyl (C=O) groups excluding carboxylic acids is 3. The first kappa shape index (κ1) is 32.3. The molecule has 3 aromatic rings. The number of halogens is 2. The summed E-state index contributed by atoms with van der Waals surface area (Å²) in [5, 5.41) is 0.581. The molecule has 3 aromatic carbocycles. The minimum absolute atomic E-state index is 0.0121. The normalized spacial score (nSPS) is 17.7. The van der Waals surface area contributed by atoms with Crippen LogP contribution < -0.4 is 9.64 Å². The zero-order valence-corrected chi connectivity index (χ0v) is 27.1. The smallest absolute Gasteiger partial charge is 0.265 e. The van der Waals surface area contributed by atoms with E-state index in [0.29, 0.717) is 68.1 Å². The number of nitrogens with zero attached hydrogens (tertiary/aromatic N) is 4. The fourth-order valence-corrected chi connectivity index (χ4v) is 6.23. The molecule has 0 saturated carbocycles. The minimum Gasteiger partial charge on any atom is -0.482 e. The van der Waals surface area contributed by atoms with Gasteiger partial charge in [0.05, 0.1) is 48.2 Å². The molecule has 3 aliphatic heterocycles. The van der Waals surface area contributed by atoms with E-state index in [1.54, 1.807) is 24.1 Å². The van der Waals surface area contributed by atoms with E-state index in [-0.39, 0.29) is 41.9 Å². The van der Waals surface area contributed by atoms with Crippen LogP contribution in [0, 0.1) is 0 Å². The largest absolute Gasteiger partial charge is 0.482 e. The predicted molar refractivity (Wildman–Crippen MR) is 176 cm³/mol. The van der Waals surface area contributed by atoms with Crippen molar-refractivity contribution in [1.29, 1.82) is 0 Å². The standard InChI is InChI=1S/C34H36Cl2N4O6/c1-37(32(41)21-40-29-18-27(35)28(36)19-31(29)46-22-33(40)42)30(20-38-10-14-44-15-11-38)25-6-2-23(3-7-25)24-4-8-26(9-5-24)34(43)39-12-16-45-17-13-39/h2-9,18-19,30H,10-17,20-22H2,1H3. The molecule has 0 bridgehead atoms. The monoisotopic (exact) mass is 666 g/mol. The summed E-state index contributed by atoms with van der Waals surface area (Å²) < 4.78 is 16.5. The topological polar surface area (TPSA) is 91.9 Å². The van der Waals surface area contributed by atoms with Gasteiger partial charge in [-0.15, -0.1) is 0 Å². The number of likely N-dealkylation sites (N-methyl/N-ethyl adjacent to an activating group) is 1. The molecule has 10 nitrogen and oxygen atoms in total. The van der Waals surface area contributed by atoms with E-state index in [2.05, 4.69) is 4.90 Å². The van der Waals surface area contributed by atoms with Crippen molar-refractivity contribution in [2.45, 2.75) is 6.04 Å². The zero-order valence-electron chi connectivity index (χ0n) is 25.6. The number of benzene rings is 3. The molecule has 2 fully saturated rings. The Balaban J connectivity index is 1.20.